The molecule has 2 aromatic carbocycles. The molecular formula is C18H15F2N3O6S. The second kappa shape index (κ2) is 10.3. The highest BCUT2D eigenvalue weighted by atomic mass is 32.2. The molecule has 9 nitrogen and oxygen atoms in total. The lowest BCUT2D eigenvalue weighted by Crippen LogP contribution is -2.32. The van der Waals surface area contributed by atoms with Crippen LogP contribution in [0.5, 0.6) is 5.75 Å². The molecule has 0 fully saturated rings. The maximum absolute atomic E-state index is 12.4. The predicted molar refractivity (Wildman–Crippen MR) is 99.0 cm³/mol. The lowest BCUT2D eigenvalue weighted by atomic mass is 10.2. The average Bonchev–Trinajstić information content (AvgIpc) is 2.72. The van der Waals surface area contributed by atoms with Gasteiger partial charge in [-0.25, -0.2) is 8.42 Å². The van der Waals surface area contributed by atoms with Crippen molar-refractivity contribution >= 4 is 27.6 Å². The van der Waals surface area contributed by atoms with Gasteiger partial charge >= 0.3 is 12.6 Å². The van der Waals surface area contributed by atoms with Crippen molar-refractivity contribution in [3.05, 3.63) is 54.1 Å². The van der Waals surface area contributed by atoms with Crippen molar-refractivity contribution in [2.75, 3.05) is 18.5 Å². The molecule has 30 heavy (non-hydrogen) atoms. The molecule has 0 saturated heterocycles. The highest BCUT2D eigenvalue weighted by molar-refractivity contribution is 7.89. The second-order valence-corrected chi connectivity index (χ2v) is 7.31. The molecule has 2 rings (SSSR count). The summed E-state index contributed by atoms with van der Waals surface area (Å²) in [5, 5.41) is 11.0. The van der Waals surface area contributed by atoms with Crippen LogP contribution in [-0.4, -0.2) is 40.1 Å². The molecule has 0 spiro atoms. The molecular weight excluding hydrogens is 424 g/mol. The summed E-state index contributed by atoms with van der Waals surface area (Å²) in [4.78, 5) is 23.3. The van der Waals surface area contributed by atoms with Crippen LogP contribution in [0.4, 0.5) is 14.5 Å². The van der Waals surface area contributed by atoms with Gasteiger partial charge in [0.15, 0.2) is 6.61 Å². The van der Waals surface area contributed by atoms with Gasteiger partial charge in [0.25, 0.3) is 5.91 Å². The van der Waals surface area contributed by atoms with Gasteiger partial charge in [-0.3, -0.25) is 9.59 Å². The minimum atomic E-state index is -4.08. The van der Waals surface area contributed by atoms with Crippen LogP contribution < -0.4 is 14.8 Å². The smallest absolute Gasteiger partial charge is 0.387 e. The number of amides is 1. The number of hydrogen-bond acceptors (Lipinski definition) is 7. The first kappa shape index (κ1) is 22.7. The summed E-state index contributed by atoms with van der Waals surface area (Å²) in [5.41, 5.74) is 0.0603. The van der Waals surface area contributed by atoms with Gasteiger partial charge in [-0.1, -0.05) is 18.2 Å². The van der Waals surface area contributed by atoms with E-state index in [0.29, 0.717) is 0 Å². The SMILES string of the molecule is N#Cc1cccc(S(=O)(=O)NCC(=O)OCC(=O)Nc2ccccc2OC(F)F)c1. The van der Waals surface area contributed by atoms with Crippen LogP contribution in [0.2, 0.25) is 0 Å². The van der Waals surface area contributed by atoms with Gasteiger partial charge in [-0.15, -0.1) is 0 Å². The molecule has 0 bridgehead atoms. The van der Waals surface area contributed by atoms with Gasteiger partial charge < -0.3 is 14.8 Å². The fourth-order valence-electron chi connectivity index (χ4n) is 2.12. The Balaban J connectivity index is 1.86. The molecule has 0 heterocycles. The third kappa shape index (κ3) is 6.80. The van der Waals surface area contributed by atoms with Crippen molar-refractivity contribution in [1.29, 1.82) is 5.26 Å². The van der Waals surface area contributed by atoms with Crippen LogP contribution in [-0.2, 0) is 24.3 Å². The van der Waals surface area contributed by atoms with Crippen molar-refractivity contribution in [3.63, 3.8) is 0 Å². The van der Waals surface area contributed by atoms with Crippen LogP contribution in [0.3, 0.4) is 0 Å². The normalized spacial score (nSPS) is 10.9. The van der Waals surface area contributed by atoms with E-state index in [4.69, 9.17) is 5.26 Å². The zero-order chi connectivity index (χ0) is 22.1. The number of alkyl halides is 2. The molecule has 0 aliphatic carbocycles. The number of anilines is 1. The third-order valence-electron chi connectivity index (χ3n) is 3.42. The van der Waals surface area contributed by atoms with E-state index >= 15 is 0 Å². The number of benzene rings is 2. The predicted octanol–water partition coefficient (Wildman–Crippen LogP) is 1.62. The van der Waals surface area contributed by atoms with Gasteiger partial charge in [0.1, 0.15) is 12.3 Å². The number of halogens is 2. The van der Waals surface area contributed by atoms with E-state index in [2.05, 4.69) is 14.8 Å². The minimum absolute atomic E-state index is 0.0584. The Morgan fingerprint density at radius 1 is 1.13 bits per heavy atom. The quantitative estimate of drug-likeness (QED) is 0.567. The number of hydrogen-bond donors (Lipinski definition) is 2. The number of sulfonamides is 1. The summed E-state index contributed by atoms with van der Waals surface area (Å²) in [6.07, 6.45) is 0. The summed E-state index contributed by atoms with van der Waals surface area (Å²) >= 11 is 0. The number of rotatable bonds is 9. The summed E-state index contributed by atoms with van der Waals surface area (Å²) in [6.45, 7) is -4.65. The highest BCUT2D eigenvalue weighted by Gasteiger charge is 2.18. The molecule has 2 N–H and O–H groups in total. The first-order valence-electron chi connectivity index (χ1n) is 8.20. The largest absolute Gasteiger partial charge is 0.455 e. The lowest BCUT2D eigenvalue weighted by molar-refractivity contribution is -0.146. The zero-order valence-corrected chi connectivity index (χ0v) is 16.0. The van der Waals surface area contributed by atoms with Gasteiger partial charge in [-0.05, 0) is 30.3 Å². The van der Waals surface area contributed by atoms with Crippen LogP contribution in [0.15, 0.2) is 53.4 Å². The van der Waals surface area contributed by atoms with Crippen LogP contribution in [0.25, 0.3) is 0 Å². The topological polar surface area (TPSA) is 135 Å². The maximum Gasteiger partial charge on any atom is 0.387 e. The number of ether oxygens (including phenoxy) is 2. The number of carbonyl (C=O) groups is 2. The molecule has 0 unspecified atom stereocenters. The fraction of sp³-hybridized carbons (Fsp3) is 0.167. The van der Waals surface area contributed by atoms with Gasteiger partial charge in [0.05, 0.1) is 22.2 Å². The first-order valence-corrected chi connectivity index (χ1v) is 9.69. The summed E-state index contributed by atoms with van der Waals surface area (Å²) < 4.78 is 59.9. The molecule has 1 amide bonds. The van der Waals surface area contributed by atoms with E-state index in [1.54, 1.807) is 6.07 Å². The molecule has 0 saturated carbocycles. The van der Waals surface area contributed by atoms with Crippen molar-refractivity contribution in [2.24, 2.45) is 0 Å². The third-order valence-corrected chi connectivity index (χ3v) is 4.82. The average molecular weight is 439 g/mol. The Labute approximate surface area is 170 Å². The van der Waals surface area contributed by atoms with E-state index in [1.807, 2.05) is 4.72 Å². The number of carbonyl (C=O) groups excluding carboxylic acids is 2. The van der Waals surface area contributed by atoms with Crippen LogP contribution in [0, 0.1) is 11.3 Å². The van der Waals surface area contributed by atoms with Crippen molar-refractivity contribution < 1.29 is 36.3 Å². The van der Waals surface area contributed by atoms with Crippen molar-refractivity contribution in [2.45, 2.75) is 11.5 Å². The summed E-state index contributed by atoms with van der Waals surface area (Å²) in [5.74, 6) is -2.18. The number of nitrogens with one attached hydrogen (secondary N) is 2. The molecule has 0 aliphatic rings. The van der Waals surface area contributed by atoms with E-state index < -0.39 is 41.7 Å². The second-order valence-electron chi connectivity index (χ2n) is 5.55. The molecule has 12 heteroatoms. The van der Waals surface area contributed by atoms with Crippen molar-refractivity contribution in [3.8, 4) is 11.8 Å². The van der Waals surface area contributed by atoms with E-state index in [1.165, 1.54) is 42.5 Å². The Morgan fingerprint density at radius 2 is 1.87 bits per heavy atom. The Hall–Kier alpha value is -3.56. The number of esters is 1. The maximum atomic E-state index is 12.4. The Morgan fingerprint density at radius 3 is 2.57 bits per heavy atom. The first-order chi connectivity index (χ1) is 14.2. The van der Waals surface area contributed by atoms with E-state index in [0.717, 1.165) is 6.07 Å². The number of para-hydroxylation sites is 2. The van der Waals surface area contributed by atoms with Gasteiger partial charge in [0, 0.05) is 0 Å². The monoisotopic (exact) mass is 439 g/mol. The number of nitriles is 1. The van der Waals surface area contributed by atoms with E-state index in [9.17, 15) is 26.8 Å². The minimum Gasteiger partial charge on any atom is -0.455 e. The Bertz CT molecular complexity index is 1070. The van der Waals surface area contributed by atoms with Crippen molar-refractivity contribution in [1.82, 2.24) is 4.72 Å². The lowest BCUT2D eigenvalue weighted by Gasteiger charge is -2.12. The molecule has 0 aromatic heterocycles. The Kier molecular flexibility index (Phi) is 7.79. The molecule has 0 radical (unpaired) electrons. The molecule has 0 aliphatic heterocycles. The van der Waals surface area contributed by atoms with Crippen LogP contribution >= 0.6 is 0 Å². The standard InChI is InChI=1S/C18H15F2N3O6S/c19-18(20)29-15-7-2-1-6-14(15)23-16(24)11-28-17(25)10-22-30(26,27)13-5-3-4-12(8-13)9-21/h1-8,18,22H,10-11H2,(H,23,24). The summed E-state index contributed by atoms with van der Waals surface area (Å²) in [7, 11) is -4.08. The summed E-state index contributed by atoms with van der Waals surface area (Å²) in [6, 6.07) is 12.3. The zero-order valence-electron chi connectivity index (χ0n) is 15.2. The highest BCUT2D eigenvalue weighted by Crippen LogP contribution is 2.25. The van der Waals surface area contributed by atoms with Gasteiger partial charge in [0.2, 0.25) is 10.0 Å². The van der Waals surface area contributed by atoms with E-state index in [-0.39, 0.29) is 21.9 Å². The molecule has 2 aromatic rings. The number of nitrogens with zero attached hydrogens (tertiary/aromatic N) is 1. The van der Waals surface area contributed by atoms with Crippen LogP contribution in [0.1, 0.15) is 5.56 Å². The fourth-order valence-corrected chi connectivity index (χ4v) is 3.14. The van der Waals surface area contributed by atoms with Gasteiger partial charge in [-0.2, -0.15) is 18.8 Å². The molecule has 0 atom stereocenters. The molecule has 158 valence electrons.